The summed E-state index contributed by atoms with van der Waals surface area (Å²) >= 11 is 0. The molecule has 19 heavy (non-hydrogen) atoms. The maximum Gasteiger partial charge on any atom is 0.317 e. The SMILES string of the molecule is CCN(CCC#N)C(=O)NCC(CC(C)C)C(=O)O. The van der Waals surface area contributed by atoms with Gasteiger partial charge in [-0.15, -0.1) is 0 Å². The molecule has 0 fully saturated rings. The smallest absolute Gasteiger partial charge is 0.317 e. The van der Waals surface area contributed by atoms with Crippen LogP contribution in [-0.4, -0.2) is 41.6 Å². The molecule has 0 aliphatic heterocycles. The van der Waals surface area contributed by atoms with Crippen molar-refractivity contribution in [3.63, 3.8) is 0 Å². The summed E-state index contributed by atoms with van der Waals surface area (Å²) in [5.74, 6) is -1.20. The number of carbonyl (C=O) groups is 2. The Morgan fingerprint density at radius 3 is 2.47 bits per heavy atom. The number of carboxylic acids is 1. The standard InChI is InChI=1S/C13H23N3O3/c1-4-16(7-5-6-14)13(19)15-9-11(12(17)18)8-10(2)3/h10-11H,4-5,7-9H2,1-3H3,(H,15,19)(H,17,18). The van der Waals surface area contributed by atoms with Crippen molar-refractivity contribution in [2.24, 2.45) is 11.8 Å². The van der Waals surface area contributed by atoms with Crippen LogP contribution in [0.4, 0.5) is 4.79 Å². The average Bonchev–Trinajstić information content (AvgIpc) is 2.34. The van der Waals surface area contributed by atoms with Crippen LogP contribution in [0.2, 0.25) is 0 Å². The van der Waals surface area contributed by atoms with E-state index in [0.29, 0.717) is 19.5 Å². The van der Waals surface area contributed by atoms with Crippen LogP contribution in [0.3, 0.4) is 0 Å². The number of rotatable bonds is 8. The van der Waals surface area contributed by atoms with E-state index in [4.69, 9.17) is 10.4 Å². The van der Waals surface area contributed by atoms with Crippen molar-refractivity contribution in [1.82, 2.24) is 10.2 Å². The topological polar surface area (TPSA) is 93.4 Å². The first kappa shape index (κ1) is 17.2. The highest BCUT2D eigenvalue weighted by molar-refractivity contribution is 5.76. The number of nitrogens with one attached hydrogen (secondary N) is 1. The third kappa shape index (κ3) is 7.29. The van der Waals surface area contributed by atoms with E-state index in [1.807, 2.05) is 26.8 Å². The first-order chi connectivity index (χ1) is 8.92. The van der Waals surface area contributed by atoms with Crippen LogP contribution in [0.25, 0.3) is 0 Å². The highest BCUT2D eigenvalue weighted by atomic mass is 16.4. The van der Waals surface area contributed by atoms with E-state index < -0.39 is 11.9 Å². The minimum absolute atomic E-state index is 0.120. The molecule has 6 heteroatoms. The first-order valence-corrected chi connectivity index (χ1v) is 6.54. The van der Waals surface area contributed by atoms with Crippen molar-refractivity contribution in [1.29, 1.82) is 5.26 Å². The Morgan fingerprint density at radius 2 is 2.05 bits per heavy atom. The predicted molar refractivity (Wildman–Crippen MR) is 71.5 cm³/mol. The summed E-state index contributed by atoms with van der Waals surface area (Å²) in [6.45, 7) is 6.69. The van der Waals surface area contributed by atoms with Crippen molar-refractivity contribution in [3.8, 4) is 6.07 Å². The molecule has 0 rings (SSSR count). The van der Waals surface area contributed by atoms with E-state index in [9.17, 15) is 9.59 Å². The van der Waals surface area contributed by atoms with Crippen molar-refractivity contribution in [3.05, 3.63) is 0 Å². The number of aliphatic carboxylic acids is 1. The van der Waals surface area contributed by atoms with Gasteiger partial charge in [0.25, 0.3) is 0 Å². The number of hydrogen-bond acceptors (Lipinski definition) is 3. The number of nitriles is 1. The Morgan fingerprint density at radius 1 is 1.42 bits per heavy atom. The van der Waals surface area contributed by atoms with Crippen LogP contribution >= 0.6 is 0 Å². The minimum atomic E-state index is -0.894. The number of carbonyl (C=O) groups excluding carboxylic acids is 1. The minimum Gasteiger partial charge on any atom is -0.481 e. The van der Waals surface area contributed by atoms with Crippen molar-refractivity contribution >= 4 is 12.0 Å². The van der Waals surface area contributed by atoms with Gasteiger partial charge >= 0.3 is 12.0 Å². The lowest BCUT2D eigenvalue weighted by atomic mass is 9.97. The predicted octanol–water partition coefficient (Wildman–Crippen LogP) is 1.68. The second kappa shape index (κ2) is 9.20. The molecule has 0 saturated heterocycles. The maximum absolute atomic E-state index is 11.8. The van der Waals surface area contributed by atoms with Gasteiger partial charge in [-0.25, -0.2) is 4.79 Å². The van der Waals surface area contributed by atoms with Gasteiger partial charge in [0.2, 0.25) is 0 Å². The zero-order valence-electron chi connectivity index (χ0n) is 11.8. The Bertz CT molecular complexity index is 337. The molecule has 0 aliphatic carbocycles. The Labute approximate surface area is 114 Å². The summed E-state index contributed by atoms with van der Waals surface area (Å²) in [7, 11) is 0. The fourth-order valence-corrected chi connectivity index (χ4v) is 1.75. The molecule has 2 amide bonds. The zero-order chi connectivity index (χ0) is 14.8. The molecule has 0 spiro atoms. The fourth-order valence-electron chi connectivity index (χ4n) is 1.75. The molecule has 0 heterocycles. The molecular formula is C13H23N3O3. The Hall–Kier alpha value is -1.77. The van der Waals surface area contributed by atoms with Gasteiger partial charge in [0.05, 0.1) is 18.4 Å². The number of carboxylic acid groups (broad SMARTS) is 1. The van der Waals surface area contributed by atoms with Crippen LogP contribution in [-0.2, 0) is 4.79 Å². The fraction of sp³-hybridized carbons (Fsp3) is 0.769. The molecule has 0 aromatic rings. The van der Waals surface area contributed by atoms with Crippen molar-refractivity contribution in [2.75, 3.05) is 19.6 Å². The summed E-state index contributed by atoms with van der Waals surface area (Å²) in [5.41, 5.74) is 0. The lowest BCUT2D eigenvalue weighted by Crippen LogP contribution is -2.43. The summed E-state index contributed by atoms with van der Waals surface area (Å²) < 4.78 is 0. The quantitative estimate of drug-likeness (QED) is 0.701. The number of amides is 2. The van der Waals surface area contributed by atoms with Gasteiger partial charge in [-0.1, -0.05) is 13.8 Å². The monoisotopic (exact) mass is 269 g/mol. The molecule has 108 valence electrons. The van der Waals surface area contributed by atoms with E-state index in [2.05, 4.69) is 5.32 Å². The largest absolute Gasteiger partial charge is 0.481 e. The van der Waals surface area contributed by atoms with Crippen molar-refractivity contribution < 1.29 is 14.7 Å². The summed E-state index contributed by atoms with van der Waals surface area (Å²) in [6.07, 6.45) is 0.801. The maximum atomic E-state index is 11.8. The molecule has 6 nitrogen and oxygen atoms in total. The van der Waals surface area contributed by atoms with Crippen molar-refractivity contribution in [2.45, 2.75) is 33.6 Å². The van der Waals surface area contributed by atoms with Gasteiger partial charge in [-0.05, 0) is 19.3 Å². The third-order valence-electron chi connectivity index (χ3n) is 2.77. The highest BCUT2D eigenvalue weighted by Gasteiger charge is 2.20. The third-order valence-corrected chi connectivity index (χ3v) is 2.77. The normalized spacial score (nSPS) is 11.7. The van der Waals surface area contributed by atoms with Gasteiger partial charge in [0.1, 0.15) is 0 Å². The zero-order valence-corrected chi connectivity index (χ0v) is 11.8. The molecule has 0 bridgehead atoms. The first-order valence-electron chi connectivity index (χ1n) is 6.54. The van der Waals surface area contributed by atoms with Crippen LogP contribution < -0.4 is 5.32 Å². The summed E-state index contributed by atoms with van der Waals surface area (Å²) in [4.78, 5) is 24.4. The number of nitrogens with zero attached hydrogens (tertiary/aromatic N) is 2. The molecular weight excluding hydrogens is 246 g/mol. The van der Waals surface area contributed by atoms with Crippen LogP contribution in [0.5, 0.6) is 0 Å². The molecule has 0 aromatic heterocycles. The molecule has 0 aromatic carbocycles. The van der Waals surface area contributed by atoms with Crippen LogP contribution in [0.15, 0.2) is 0 Å². The van der Waals surface area contributed by atoms with Gasteiger partial charge in [0.15, 0.2) is 0 Å². The lowest BCUT2D eigenvalue weighted by molar-refractivity contribution is -0.142. The average molecular weight is 269 g/mol. The second-order valence-corrected chi connectivity index (χ2v) is 4.84. The Balaban J connectivity index is 4.30. The van der Waals surface area contributed by atoms with Gasteiger partial charge in [-0.3, -0.25) is 4.79 Å². The Kier molecular flexibility index (Phi) is 8.34. The van der Waals surface area contributed by atoms with Gasteiger partial charge in [0, 0.05) is 19.6 Å². The van der Waals surface area contributed by atoms with Gasteiger partial charge in [-0.2, -0.15) is 5.26 Å². The highest BCUT2D eigenvalue weighted by Crippen LogP contribution is 2.11. The van der Waals surface area contributed by atoms with E-state index in [0.717, 1.165) is 0 Å². The van der Waals surface area contributed by atoms with E-state index in [-0.39, 0.29) is 24.9 Å². The van der Waals surface area contributed by atoms with Crippen LogP contribution in [0.1, 0.15) is 33.6 Å². The molecule has 2 N–H and O–H groups in total. The summed E-state index contributed by atoms with van der Waals surface area (Å²) in [6, 6.07) is 1.67. The second-order valence-electron chi connectivity index (χ2n) is 4.84. The molecule has 1 unspecified atom stereocenters. The molecule has 1 atom stereocenters. The number of urea groups is 1. The van der Waals surface area contributed by atoms with E-state index in [1.165, 1.54) is 4.90 Å². The van der Waals surface area contributed by atoms with E-state index >= 15 is 0 Å². The lowest BCUT2D eigenvalue weighted by Gasteiger charge is -2.22. The molecule has 0 saturated carbocycles. The molecule has 0 aliphatic rings. The van der Waals surface area contributed by atoms with Gasteiger partial charge < -0.3 is 15.3 Å². The number of hydrogen-bond donors (Lipinski definition) is 2. The van der Waals surface area contributed by atoms with E-state index in [1.54, 1.807) is 0 Å². The van der Waals surface area contributed by atoms with Crippen LogP contribution in [0, 0.1) is 23.2 Å². The molecule has 0 radical (unpaired) electrons. The summed E-state index contributed by atoms with van der Waals surface area (Å²) in [5, 5.41) is 20.2.